The highest BCUT2D eigenvalue weighted by atomic mass is 35.5. The molecule has 6 N–H and O–H groups in total. The van der Waals surface area contributed by atoms with E-state index in [2.05, 4.69) is 52.0 Å². The Morgan fingerprint density at radius 1 is 1.02 bits per heavy atom. The van der Waals surface area contributed by atoms with Crippen molar-refractivity contribution in [2.24, 2.45) is 29.4 Å². The molecule has 2 amide bonds. The lowest BCUT2D eigenvalue weighted by Gasteiger charge is -2.30. The lowest BCUT2D eigenvalue weighted by atomic mass is 9.83. The van der Waals surface area contributed by atoms with Crippen molar-refractivity contribution in [1.29, 1.82) is 0 Å². The number of amides is 2. The Morgan fingerprint density at radius 2 is 1.76 bits per heavy atom. The SMILES string of the molecule is CCCCNC(=O)C(CC(O)C(N)CC(CNC(=O)c1ccc(OCc2nn[nH]n2)cc1OCCCCOC)C(C)C)C(C)C.Cl. The minimum Gasteiger partial charge on any atom is -0.493 e. The van der Waals surface area contributed by atoms with Crippen LogP contribution in [0.15, 0.2) is 18.2 Å². The number of unbranched alkanes of at least 4 members (excludes halogenated alkanes) is 2. The molecule has 1 aromatic heterocycles. The number of rotatable bonds is 23. The van der Waals surface area contributed by atoms with Gasteiger partial charge in [0.15, 0.2) is 6.61 Å². The van der Waals surface area contributed by atoms with Gasteiger partial charge in [-0.15, -0.1) is 22.6 Å². The number of carbonyl (C=O) groups excluding carboxylic acids is 2. The first-order valence-electron chi connectivity index (χ1n) is 16.2. The highest BCUT2D eigenvalue weighted by Gasteiger charge is 2.30. The minimum absolute atomic E-state index is 0. The summed E-state index contributed by atoms with van der Waals surface area (Å²) >= 11 is 0. The number of H-pyrrole nitrogens is 1. The molecule has 0 saturated carbocycles. The smallest absolute Gasteiger partial charge is 0.255 e. The molecule has 0 saturated heterocycles. The van der Waals surface area contributed by atoms with Crippen molar-refractivity contribution in [3.63, 3.8) is 0 Å². The number of nitrogens with two attached hydrogens (primary N) is 1. The Hall–Kier alpha value is -3.00. The molecule has 0 spiro atoms. The number of nitrogens with zero attached hydrogens (tertiary/aromatic N) is 3. The van der Waals surface area contributed by atoms with Crippen LogP contribution in [0.25, 0.3) is 0 Å². The number of methoxy groups -OCH3 is 1. The number of hydrogen-bond acceptors (Lipinski definition) is 10. The minimum atomic E-state index is -0.843. The van der Waals surface area contributed by atoms with E-state index >= 15 is 0 Å². The van der Waals surface area contributed by atoms with Gasteiger partial charge in [-0.1, -0.05) is 46.3 Å². The number of aliphatic hydroxyl groups is 1. The molecule has 4 atom stereocenters. The number of hydrogen-bond donors (Lipinski definition) is 5. The second-order valence-electron chi connectivity index (χ2n) is 12.2. The van der Waals surface area contributed by atoms with Crippen molar-refractivity contribution in [3.05, 3.63) is 29.6 Å². The number of aromatic amines is 1. The predicted octanol–water partition coefficient (Wildman–Crippen LogP) is 3.66. The molecule has 0 radical (unpaired) electrons. The molecule has 0 aliphatic carbocycles. The van der Waals surface area contributed by atoms with Gasteiger partial charge in [0.2, 0.25) is 11.7 Å². The first kappa shape index (κ1) is 41.0. The average Bonchev–Trinajstić information content (AvgIpc) is 3.54. The van der Waals surface area contributed by atoms with Crippen LogP contribution in [0.5, 0.6) is 11.5 Å². The largest absolute Gasteiger partial charge is 0.493 e. The summed E-state index contributed by atoms with van der Waals surface area (Å²) in [5.74, 6) is 0.924. The molecule has 0 fully saturated rings. The molecular weight excluding hydrogens is 614 g/mol. The van der Waals surface area contributed by atoms with Crippen LogP contribution in [-0.2, 0) is 16.1 Å². The molecule has 2 rings (SSSR count). The summed E-state index contributed by atoms with van der Waals surface area (Å²) in [6, 6.07) is 4.51. The Morgan fingerprint density at radius 3 is 2.39 bits per heavy atom. The first-order chi connectivity index (χ1) is 21.6. The van der Waals surface area contributed by atoms with Crippen molar-refractivity contribution in [3.8, 4) is 11.5 Å². The molecule has 14 heteroatoms. The number of carbonyl (C=O) groups is 2. The number of tetrazole rings is 1. The molecule has 0 aliphatic rings. The van der Waals surface area contributed by atoms with E-state index in [1.54, 1.807) is 25.3 Å². The number of halogens is 1. The maximum atomic E-state index is 13.4. The standard InChI is InChI=1S/C32H55N7O6.ClH/c1-7-8-13-34-32(42)26(22(4)5)18-28(40)27(33)16-23(21(2)3)19-35-31(41)25-12-11-24(45-20-30-36-38-39-37-30)17-29(25)44-15-10-9-14-43-6;/h11-12,17,21-23,26-28,40H,7-10,13-16,18-20,33H2,1-6H3,(H,34,42)(H,35,41)(H,36,37,38,39);1H. The van der Waals surface area contributed by atoms with E-state index in [9.17, 15) is 14.7 Å². The molecule has 262 valence electrons. The lowest BCUT2D eigenvalue weighted by molar-refractivity contribution is -0.127. The molecule has 4 unspecified atom stereocenters. The summed E-state index contributed by atoms with van der Waals surface area (Å²) in [7, 11) is 1.65. The van der Waals surface area contributed by atoms with Gasteiger partial charge in [-0.3, -0.25) is 9.59 Å². The molecule has 46 heavy (non-hydrogen) atoms. The number of aromatic nitrogens is 4. The van der Waals surface area contributed by atoms with E-state index in [-0.39, 0.29) is 54.5 Å². The highest BCUT2D eigenvalue weighted by molar-refractivity contribution is 5.97. The van der Waals surface area contributed by atoms with Gasteiger partial charge in [-0.05, 0) is 62.0 Å². The normalized spacial score (nSPS) is 13.9. The van der Waals surface area contributed by atoms with E-state index in [0.717, 1.165) is 25.7 Å². The maximum absolute atomic E-state index is 13.4. The van der Waals surface area contributed by atoms with Crippen molar-refractivity contribution >= 4 is 24.2 Å². The Bertz CT molecular complexity index is 1120. The number of benzene rings is 1. The predicted molar refractivity (Wildman–Crippen MR) is 179 cm³/mol. The van der Waals surface area contributed by atoms with E-state index < -0.39 is 12.1 Å². The van der Waals surface area contributed by atoms with Crippen LogP contribution in [0.4, 0.5) is 0 Å². The molecule has 2 aromatic rings. The Labute approximate surface area is 279 Å². The number of ether oxygens (including phenoxy) is 3. The Balaban J connectivity index is 0.0000106. The van der Waals surface area contributed by atoms with Gasteiger partial charge in [0, 0.05) is 44.8 Å². The fraction of sp³-hybridized carbons (Fsp3) is 0.719. The molecule has 13 nitrogen and oxygen atoms in total. The van der Waals surface area contributed by atoms with Gasteiger partial charge in [0.25, 0.3) is 5.91 Å². The van der Waals surface area contributed by atoms with Gasteiger partial charge >= 0.3 is 0 Å². The summed E-state index contributed by atoms with van der Waals surface area (Å²) in [5.41, 5.74) is 6.87. The van der Waals surface area contributed by atoms with E-state index in [0.29, 0.717) is 62.0 Å². The van der Waals surface area contributed by atoms with Gasteiger partial charge < -0.3 is 35.7 Å². The van der Waals surface area contributed by atoms with Crippen molar-refractivity contribution in [1.82, 2.24) is 31.3 Å². The summed E-state index contributed by atoms with van der Waals surface area (Å²) in [6.45, 7) is 12.3. The number of nitrogens with one attached hydrogen (secondary N) is 3. The Kier molecular flexibility index (Phi) is 20.1. The molecule has 0 aliphatic heterocycles. The number of aliphatic hydroxyl groups excluding tert-OH is 1. The fourth-order valence-corrected chi connectivity index (χ4v) is 4.87. The third-order valence-electron chi connectivity index (χ3n) is 7.96. The van der Waals surface area contributed by atoms with Gasteiger partial charge in [-0.2, -0.15) is 5.21 Å². The van der Waals surface area contributed by atoms with Crippen LogP contribution in [0, 0.1) is 23.7 Å². The molecule has 1 aromatic carbocycles. The van der Waals surface area contributed by atoms with Crippen LogP contribution >= 0.6 is 12.4 Å². The maximum Gasteiger partial charge on any atom is 0.255 e. The van der Waals surface area contributed by atoms with Gasteiger partial charge in [0.1, 0.15) is 11.5 Å². The second-order valence-corrected chi connectivity index (χ2v) is 12.2. The summed E-state index contributed by atoms with van der Waals surface area (Å²) in [5, 5.41) is 30.7. The fourth-order valence-electron chi connectivity index (χ4n) is 4.87. The highest BCUT2D eigenvalue weighted by Crippen LogP contribution is 2.27. The first-order valence-corrected chi connectivity index (χ1v) is 16.2. The van der Waals surface area contributed by atoms with Crippen LogP contribution in [0.3, 0.4) is 0 Å². The van der Waals surface area contributed by atoms with Crippen molar-refractivity contribution in [2.45, 2.75) is 91.9 Å². The quantitative estimate of drug-likeness (QED) is 0.109. The van der Waals surface area contributed by atoms with Gasteiger partial charge in [0.05, 0.1) is 18.3 Å². The monoisotopic (exact) mass is 669 g/mol. The summed E-state index contributed by atoms with van der Waals surface area (Å²) in [6.07, 6.45) is 3.45. The third-order valence-corrected chi connectivity index (χ3v) is 7.96. The van der Waals surface area contributed by atoms with Crippen LogP contribution in [-0.4, -0.2) is 83.1 Å². The zero-order valence-corrected chi connectivity index (χ0v) is 29.1. The van der Waals surface area contributed by atoms with Crippen LogP contribution < -0.4 is 25.8 Å². The lowest BCUT2D eigenvalue weighted by Crippen LogP contribution is -2.44. The second kappa shape index (κ2) is 22.5. The topological polar surface area (TPSA) is 187 Å². The van der Waals surface area contributed by atoms with E-state index in [1.165, 1.54) is 0 Å². The molecule has 1 heterocycles. The third kappa shape index (κ3) is 14.6. The van der Waals surface area contributed by atoms with Crippen molar-refractivity contribution < 1.29 is 28.9 Å². The van der Waals surface area contributed by atoms with E-state index in [4.69, 9.17) is 19.9 Å². The van der Waals surface area contributed by atoms with Crippen LogP contribution in [0.1, 0.15) is 89.3 Å². The summed E-state index contributed by atoms with van der Waals surface area (Å²) < 4.78 is 16.9. The van der Waals surface area contributed by atoms with Crippen LogP contribution in [0.2, 0.25) is 0 Å². The van der Waals surface area contributed by atoms with Gasteiger partial charge in [-0.25, -0.2) is 0 Å². The van der Waals surface area contributed by atoms with Crippen molar-refractivity contribution in [2.75, 3.05) is 33.4 Å². The molecule has 0 bridgehead atoms. The molecular formula is C32H56ClN7O6. The summed E-state index contributed by atoms with van der Waals surface area (Å²) in [4.78, 5) is 26.2. The zero-order chi connectivity index (χ0) is 33.2. The zero-order valence-electron chi connectivity index (χ0n) is 28.3. The van der Waals surface area contributed by atoms with E-state index in [1.807, 2.05) is 13.8 Å². The average molecular weight is 670 g/mol.